The minimum absolute atomic E-state index is 0.0245. The lowest BCUT2D eigenvalue weighted by atomic mass is 10.2. The number of hydrogen-bond acceptors (Lipinski definition) is 8. The molecule has 28 heavy (non-hydrogen) atoms. The summed E-state index contributed by atoms with van der Waals surface area (Å²) in [5, 5.41) is 15.3. The van der Waals surface area contributed by atoms with Crippen molar-refractivity contribution in [2.45, 2.75) is 42.8 Å². The number of anilines is 1. The summed E-state index contributed by atoms with van der Waals surface area (Å²) in [6, 6.07) is 4.35. The fourth-order valence-electron chi connectivity index (χ4n) is 3.22. The van der Waals surface area contributed by atoms with Gasteiger partial charge in [-0.15, -0.1) is 5.10 Å². The Labute approximate surface area is 168 Å². The van der Waals surface area contributed by atoms with Crippen LogP contribution in [0.25, 0.3) is 0 Å². The molecule has 2 aromatic heterocycles. The summed E-state index contributed by atoms with van der Waals surface area (Å²) in [6.07, 6.45) is 4.03. The minimum atomic E-state index is -0.271. The lowest BCUT2D eigenvalue weighted by Crippen LogP contribution is -2.45. The molecule has 2 aliphatic rings. The molecule has 3 heterocycles. The lowest BCUT2D eigenvalue weighted by molar-refractivity contribution is -0.120. The number of aromatic nitrogens is 5. The van der Waals surface area contributed by atoms with Gasteiger partial charge < -0.3 is 15.1 Å². The van der Waals surface area contributed by atoms with Crippen LogP contribution in [0.3, 0.4) is 0 Å². The highest BCUT2D eigenvalue weighted by Gasteiger charge is 2.29. The molecule has 4 rings (SSSR count). The molecular formula is C18H26N8OS. The number of carbonyl (C=O) groups is 1. The van der Waals surface area contributed by atoms with Crippen LogP contribution >= 0.6 is 11.8 Å². The minimum Gasteiger partial charge on any atom is -0.354 e. The topological polar surface area (TPSA) is 92.1 Å². The van der Waals surface area contributed by atoms with Gasteiger partial charge in [0.15, 0.2) is 0 Å². The predicted octanol–water partition coefficient (Wildman–Crippen LogP) is 0.952. The molecule has 0 bridgehead atoms. The van der Waals surface area contributed by atoms with E-state index in [1.165, 1.54) is 11.8 Å². The third kappa shape index (κ3) is 4.44. The van der Waals surface area contributed by atoms with E-state index in [0.717, 1.165) is 50.4 Å². The van der Waals surface area contributed by atoms with Gasteiger partial charge in [-0.1, -0.05) is 17.8 Å². The van der Waals surface area contributed by atoms with Crippen molar-refractivity contribution < 1.29 is 4.79 Å². The second kappa shape index (κ2) is 8.44. The van der Waals surface area contributed by atoms with E-state index in [0.29, 0.717) is 17.7 Å². The number of likely N-dealkylation sites (N-methyl/N-ethyl adjacent to an activating group) is 1. The second-order valence-electron chi connectivity index (χ2n) is 7.39. The average Bonchev–Trinajstić information content (AvgIpc) is 3.46. The van der Waals surface area contributed by atoms with Gasteiger partial charge in [0.1, 0.15) is 5.82 Å². The van der Waals surface area contributed by atoms with E-state index in [1.807, 2.05) is 29.9 Å². The Hall–Kier alpha value is -2.20. The first-order valence-electron chi connectivity index (χ1n) is 9.71. The summed E-state index contributed by atoms with van der Waals surface area (Å²) in [5.41, 5.74) is 1.04. The van der Waals surface area contributed by atoms with Crippen molar-refractivity contribution in [1.82, 2.24) is 35.4 Å². The summed E-state index contributed by atoms with van der Waals surface area (Å²) in [5.74, 6) is 0.942. The average molecular weight is 403 g/mol. The highest BCUT2D eigenvalue weighted by Crippen LogP contribution is 2.37. The molecule has 1 N–H and O–H groups in total. The maximum atomic E-state index is 12.6. The zero-order chi connectivity index (χ0) is 19.5. The Morgan fingerprint density at radius 2 is 2.11 bits per heavy atom. The number of pyridine rings is 1. The molecule has 1 saturated heterocycles. The van der Waals surface area contributed by atoms with Gasteiger partial charge in [-0.05, 0) is 43.3 Å². The number of nitrogens with zero attached hydrogens (tertiary/aromatic N) is 7. The van der Waals surface area contributed by atoms with E-state index in [2.05, 4.69) is 42.7 Å². The van der Waals surface area contributed by atoms with E-state index >= 15 is 0 Å². The van der Waals surface area contributed by atoms with Crippen LogP contribution in [0, 0.1) is 0 Å². The zero-order valence-corrected chi connectivity index (χ0v) is 17.1. The number of amides is 1. The van der Waals surface area contributed by atoms with Crippen molar-refractivity contribution in [1.29, 1.82) is 0 Å². The third-order valence-corrected chi connectivity index (χ3v) is 6.18. The molecule has 0 aromatic carbocycles. The SMILES string of the molecule is CC(Sc1nnnn1C1CC1)C(=O)NCc1cccnc1N1CCN(C)CC1. The molecule has 2 fully saturated rings. The number of rotatable bonds is 7. The van der Waals surface area contributed by atoms with Crippen molar-refractivity contribution in [3.05, 3.63) is 23.9 Å². The molecule has 0 radical (unpaired) electrons. The molecule has 1 aliphatic heterocycles. The van der Waals surface area contributed by atoms with E-state index in [-0.39, 0.29) is 11.2 Å². The van der Waals surface area contributed by atoms with E-state index < -0.39 is 0 Å². The van der Waals surface area contributed by atoms with Crippen LogP contribution in [0.2, 0.25) is 0 Å². The predicted molar refractivity (Wildman–Crippen MR) is 107 cm³/mol. The molecule has 1 aliphatic carbocycles. The Kier molecular flexibility index (Phi) is 5.77. The maximum absolute atomic E-state index is 12.6. The molecule has 1 atom stereocenters. The number of tetrazole rings is 1. The Morgan fingerprint density at radius 1 is 1.32 bits per heavy atom. The van der Waals surface area contributed by atoms with Crippen molar-refractivity contribution in [2.75, 3.05) is 38.1 Å². The molecular weight excluding hydrogens is 376 g/mol. The standard InChI is InChI=1S/C18H26N8OS/c1-13(28-18-21-22-23-26(18)15-5-6-15)17(27)20-12-14-4-3-7-19-16(14)25-10-8-24(2)9-11-25/h3-4,7,13,15H,5-6,8-12H2,1-2H3,(H,20,27). The van der Waals surface area contributed by atoms with Crippen LogP contribution in [-0.2, 0) is 11.3 Å². The first-order valence-corrected chi connectivity index (χ1v) is 10.6. The Morgan fingerprint density at radius 3 is 2.86 bits per heavy atom. The molecule has 9 nitrogen and oxygen atoms in total. The van der Waals surface area contributed by atoms with E-state index in [4.69, 9.17) is 0 Å². The fourth-order valence-corrected chi connectivity index (χ4v) is 4.10. The second-order valence-corrected chi connectivity index (χ2v) is 8.70. The lowest BCUT2D eigenvalue weighted by Gasteiger charge is -2.34. The van der Waals surface area contributed by atoms with Crippen molar-refractivity contribution in [3.8, 4) is 0 Å². The molecule has 1 amide bonds. The van der Waals surface area contributed by atoms with Crippen LogP contribution < -0.4 is 10.2 Å². The molecule has 10 heteroatoms. The van der Waals surface area contributed by atoms with Crippen LogP contribution in [0.4, 0.5) is 5.82 Å². The van der Waals surface area contributed by atoms with Gasteiger partial charge in [0.2, 0.25) is 11.1 Å². The van der Waals surface area contributed by atoms with Crippen molar-refractivity contribution >= 4 is 23.5 Å². The summed E-state index contributed by atoms with van der Waals surface area (Å²) in [6.45, 7) is 6.29. The number of nitrogens with one attached hydrogen (secondary N) is 1. The van der Waals surface area contributed by atoms with Gasteiger partial charge in [-0.2, -0.15) is 0 Å². The van der Waals surface area contributed by atoms with Crippen molar-refractivity contribution in [2.24, 2.45) is 0 Å². The number of thioether (sulfide) groups is 1. The Balaban J connectivity index is 1.35. The van der Waals surface area contributed by atoms with Gasteiger partial charge in [0.25, 0.3) is 0 Å². The Bertz CT molecular complexity index is 815. The molecule has 1 saturated carbocycles. The zero-order valence-electron chi connectivity index (χ0n) is 16.3. The largest absolute Gasteiger partial charge is 0.354 e. The molecule has 1 unspecified atom stereocenters. The maximum Gasteiger partial charge on any atom is 0.233 e. The van der Waals surface area contributed by atoms with Gasteiger partial charge in [-0.3, -0.25) is 4.79 Å². The van der Waals surface area contributed by atoms with Gasteiger partial charge in [0, 0.05) is 44.5 Å². The van der Waals surface area contributed by atoms with Crippen LogP contribution in [0.5, 0.6) is 0 Å². The number of piperazine rings is 1. The van der Waals surface area contributed by atoms with E-state index in [1.54, 1.807) is 0 Å². The van der Waals surface area contributed by atoms with Crippen LogP contribution in [0.15, 0.2) is 23.5 Å². The van der Waals surface area contributed by atoms with Crippen LogP contribution in [0.1, 0.15) is 31.4 Å². The number of carbonyl (C=O) groups excluding carboxylic acids is 1. The number of hydrogen-bond donors (Lipinski definition) is 1. The smallest absolute Gasteiger partial charge is 0.233 e. The summed E-state index contributed by atoms with van der Waals surface area (Å²) in [7, 11) is 2.13. The highest BCUT2D eigenvalue weighted by molar-refractivity contribution is 8.00. The summed E-state index contributed by atoms with van der Waals surface area (Å²) in [4.78, 5) is 21.8. The molecule has 2 aromatic rings. The highest BCUT2D eigenvalue weighted by atomic mass is 32.2. The first-order chi connectivity index (χ1) is 13.6. The van der Waals surface area contributed by atoms with E-state index in [9.17, 15) is 4.79 Å². The quantitative estimate of drug-likeness (QED) is 0.685. The fraction of sp³-hybridized carbons (Fsp3) is 0.611. The normalized spacial score (nSPS) is 18.9. The monoisotopic (exact) mass is 402 g/mol. The summed E-state index contributed by atoms with van der Waals surface area (Å²) >= 11 is 1.40. The van der Waals surface area contributed by atoms with Crippen molar-refractivity contribution in [3.63, 3.8) is 0 Å². The molecule has 150 valence electrons. The first kappa shape index (κ1) is 19.1. The van der Waals surface area contributed by atoms with Gasteiger partial charge in [-0.25, -0.2) is 9.67 Å². The third-order valence-electron chi connectivity index (χ3n) is 5.13. The van der Waals surface area contributed by atoms with Gasteiger partial charge >= 0.3 is 0 Å². The summed E-state index contributed by atoms with van der Waals surface area (Å²) < 4.78 is 1.83. The van der Waals surface area contributed by atoms with Crippen LogP contribution in [-0.4, -0.2) is 74.5 Å². The van der Waals surface area contributed by atoms with Gasteiger partial charge in [0.05, 0.1) is 11.3 Å². The molecule has 0 spiro atoms.